The summed E-state index contributed by atoms with van der Waals surface area (Å²) in [6.45, 7) is 2.53. The Kier molecular flexibility index (Phi) is 39.2. The molecule has 0 saturated carbocycles. The molecule has 12 heteroatoms. The summed E-state index contributed by atoms with van der Waals surface area (Å²) >= 11 is 0. The number of allylic oxidation sites excluding steroid dienone is 18. The average molecular weight is 858 g/mol. The van der Waals surface area contributed by atoms with Crippen LogP contribution in [0.5, 0.6) is 0 Å². The SMILES string of the molecule is CC/C=C\C/C=C\C/C=C\C/C=C\C/C=C\C/C=C\CCC(=O)OC[C@H](COP(=O)(O)OC[C@H](N)C(=O)O)OC(=O)CCC/C=C\C/C=C\C/C=C\CCCCCCCC. The number of rotatable bonds is 39. The number of carbonyl (C=O) groups excluding carboxylic acids is 2. The van der Waals surface area contributed by atoms with E-state index in [2.05, 4.69) is 103 Å². The molecule has 0 aliphatic heterocycles. The normalized spacial score (nSPS) is 14.7. The molecular formula is C48H76NO10P. The van der Waals surface area contributed by atoms with Crippen molar-refractivity contribution in [1.82, 2.24) is 0 Å². The molecule has 0 spiro atoms. The van der Waals surface area contributed by atoms with Crippen molar-refractivity contribution in [2.45, 2.75) is 154 Å². The summed E-state index contributed by atoms with van der Waals surface area (Å²) < 4.78 is 32.5. The third-order valence-corrected chi connectivity index (χ3v) is 9.47. The molecular weight excluding hydrogens is 781 g/mol. The van der Waals surface area contributed by atoms with Crippen molar-refractivity contribution in [3.8, 4) is 0 Å². The first-order valence-electron chi connectivity index (χ1n) is 21.9. The number of carboxylic acids is 1. The minimum absolute atomic E-state index is 0.0669. The number of aliphatic carboxylic acids is 1. The van der Waals surface area contributed by atoms with E-state index < -0.39 is 57.7 Å². The lowest BCUT2D eigenvalue weighted by molar-refractivity contribution is -0.161. The van der Waals surface area contributed by atoms with Crippen LogP contribution in [0.15, 0.2) is 109 Å². The van der Waals surface area contributed by atoms with Gasteiger partial charge in [0.05, 0.1) is 13.2 Å². The predicted octanol–water partition coefficient (Wildman–Crippen LogP) is 11.8. The van der Waals surface area contributed by atoms with Gasteiger partial charge in [-0.15, -0.1) is 0 Å². The molecule has 0 aromatic rings. The molecule has 0 rings (SSSR count). The molecule has 0 amide bonds. The number of nitrogens with two attached hydrogens (primary N) is 1. The average Bonchev–Trinajstić information content (AvgIpc) is 3.22. The Morgan fingerprint density at radius 1 is 0.533 bits per heavy atom. The maximum absolute atomic E-state index is 12.6. The van der Waals surface area contributed by atoms with E-state index in [-0.39, 0.29) is 12.8 Å². The van der Waals surface area contributed by atoms with Crippen molar-refractivity contribution in [3.05, 3.63) is 109 Å². The highest BCUT2D eigenvalue weighted by Gasteiger charge is 2.28. The van der Waals surface area contributed by atoms with Gasteiger partial charge < -0.3 is 25.2 Å². The van der Waals surface area contributed by atoms with Crippen molar-refractivity contribution < 1.29 is 47.5 Å². The smallest absolute Gasteiger partial charge is 0.472 e. The van der Waals surface area contributed by atoms with E-state index in [9.17, 15) is 23.8 Å². The zero-order valence-electron chi connectivity index (χ0n) is 36.5. The Bertz CT molecular complexity index is 1430. The van der Waals surface area contributed by atoms with E-state index in [1.54, 1.807) is 0 Å². The largest absolute Gasteiger partial charge is 0.480 e. The molecule has 0 aromatic heterocycles. The Hall–Kier alpha value is -3.86. The summed E-state index contributed by atoms with van der Waals surface area (Å²) in [5, 5.41) is 8.89. The van der Waals surface area contributed by atoms with Gasteiger partial charge in [-0.25, -0.2) is 4.57 Å². The Balaban J connectivity index is 4.59. The van der Waals surface area contributed by atoms with Gasteiger partial charge in [0.15, 0.2) is 6.10 Å². The van der Waals surface area contributed by atoms with E-state index in [1.165, 1.54) is 38.5 Å². The van der Waals surface area contributed by atoms with Crippen LogP contribution < -0.4 is 5.73 Å². The Morgan fingerprint density at radius 2 is 0.967 bits per heavy atom. The number of phosphoric acid groups is 1. The highest BCUT2D eigenvalue weighted by Crippen LogP contribution is 2.43. The van der Waals surface area contributed by atoms with Gasteiger partial charge in [-0.1, -0.05) is 155 Å². The number of unbranched alkanes of at least 4 members (excludes halogenated alkanes) is 7. The summed E-state index contributed by atoms with van der Waals surface area (Å²) in [4.78, 5) is 45.9. The minimum Gasteiger partial charge on any atom is -0.480 e. The number of ether oxygens (including phenoxy) is 2. The maximum Gasteiger partial charge on any atom is 0.472 e. The molecule has 0 saturated heterocycles. The predicted molar refractivity (Wildman–Crippen MR) is 244 cm³/mol. The molecule has 0 fully saturated rings. The lowest BCUT2D eigenvalue weighted by Gasteiger charge is -2.20. The first kappa shape index (κ1) is 56.1. The first-order valence-corrected chi connectivity index (χ1v) is 23.4. The van der Waals surface area contributed by atoms with Crippen LogP contribution in [0.2, 0.25) is 0 Å². The van der Waals surface area contributed by atoms with Crippen LogP contribution in [0.3, 0.4) is 0 Å². The van der Waals surface area contributed by atoms with Crippen LogP contribution in [0.1, 0.15) is 142 Å². The molecule has 0 aliphatic rings. The van der Waals surface area contributed by atoms with Crippen molar-refractivity contribution >= 4 is 25.7 Å². The Morgan fingerprint density at radius 3 is 1.47 bits per heavy atom. The molecule has 3 atom stereocenters. The van der Waals surface area contributed by atoms with Crippen LogP contribution in [0, 0.1) is 0 Å². The number of esters is 2. The summed E-state index contributed by atoms with van der Waals surface area (Å²) in [6, 6.07) is -1.54. The molecule has 11 nitrogen and oxygen atoms in total. The van der Waals surface area contributed by atoms with Gasteiger partial charge in [0.1, 0.15) is 12.6 Å². The van der Waals surface area contributed by atoms with E-state index in [1.807, 2.05) is 24.3 Å². The molecule has 0 radical (unpaired) electrons. The lowest BCUT2D eigenvalue weighted by atomic mass is 10.1. The number of carboxylic acid groups (broad SMARTS) is 1. The third kappa shape index (κ3) is 40.9. The molecule has 0 heterocycles. The summed E-state index contributed by atoms with van der Waals surface area (Å²) in [5.74, 6) is -2.57. The number of carbonyl (C=O) groups is 3. The van der Waals surface area contributed by atoms with Gasteiger partial charge in [0.2, 0.25) is 0 Å². The summed E-state index contributed by atoms with van der Waals surface area (Å²) in [6.07, 6.45) is 54.6. The molecule has 338 valence electrons. The summed E-state index contributed by atoms with van der Waals surface area (Å²) in [5.41, 5.74) is 5.32. The fourth-order valence-corrected chi connectivity index (χ4v) is 5.88. The van der Waals surface area contributed by atoms with E-state index in [4.69, 9.17) is 24.8 Å². The van der Waals surface area contributed by atoms with Crippen LogP contribution in [0.25, 0.3) is 0 Å². The van der Waals surface area contributed by atoms with Crippen LogP contribution in [-0.2, 0) is 37.5 Å². The molecule has 0 aliphatic carbocycles. The van der Waals surface area contributed by atoms with Crippen LogP contribution in [-0.4, -0.2) is 59.9 Å². The van der Waals surface area contributed by atoms with Gasteiger partial charge in [0.25, 0.3) is 0 Å². The second-order valence-corrected chi connectivity index (χ2v) is 15.5. The quantitative estimate of drug-likeness (QED) is 0.0232. The Labute approximate surface area is 361 Å². The van der Waals surface area contributed by atoms with Crippen molar-refractivity contribution in [2.24, 2.45) is 5.73 Å². The van der Waals surface area contributed by atoms with Crippen molar-refractivity contribution in [3.63, 3.8) is 0 Å². The van der Waals surface area contributed by atoms with Gasteiger partial charge in [-0.2, -0.15) is 0 Å². The molecule has 60 heavy (non-hydrogen) atoms. The van der Waals surface area contributed by atoms with Gasteiger partial charge in [-0.3, -0.25) is 23.4 Å². The fourth-order valence-electron chi connectivity index (χ4n) is 5.10. The van der Waals surface area contributed by atoms with Crippen LogP contribution >= 0.6 is 7.82 Å². The highest BCUT2D eigenvalue weighted by molar-refractivity contribution is 7.47. The zero-order valence-corrected chi connectivity index (χ0v) is 37.4. The van der Waals surface area contributed by atoms with Gasteiger partial charge in [0, 0.05) is 12.8 Å². The van der Waals surface area contributed by atoms with E-state index >= 15 is 0 Å². The third-order valence-electron chi connectivity index (χ3n) is 8.52. The van der Waals surface area contributed by atoms with E-state index in [0.29, 0.717) is 19.3 Å². The first-order chi connectivity index (χ1) is 29.1. The number of phosphoric ester groups is 1. The lowest BCUT2D eigenvalue weighted by Crippen LogP contribution is -2.34. The number of hydrogen-bond donors (Lipinski definition) is 3. The monoisotopic (exact) mass is 858 g/mol. The van der Waals surface area contributed by atoms with Gasteiger partial charge in [-0.05, 0) is 83.5 Å². The summed E-state index contributed by atoms with van der Waals surface area (Å²) in [7, 11) is -4.75. The highest BCUT2D eigenvalue weighted by atomic mass is 31.2. The molecule has 0 aromatic carbocycles. The fraction of sp³-hybridized carbons (Fsp3) is 0.562. The minimum atomic E-state index is -4.75. The van der Waals surface area contributed by atoms with Crippen molar-refractivity contribution in [1.29, 1.82) is 0 Å². The van der Waals surface area contributed by atoms with E-state index in [0.717, 1.165) is 57.8 Å². The molecule has 1 unspecified atom stereocenters. The second-order valence-electron chi connectivity index (χ2n) is 14.1. The topological polar surface area (TPSA) is 172 Å². The van der Waals surface area contributed by atoms with Crippen LogP contribution in [0.4, 0.5) is 0 Å². The number of hydrogen-bond acceptors (Lipinski definition) is 9. The second kappa shape index (κ2) is 41.9. The van der Waals surface area contributed by atoms with Crippen molar-refractivity contribution in [2.75, 3.05) is 19.8 Å². The maximum atomic E-state index is 12.6. The standard InChI is InChI=1S/C48H76NO10P/c1-3-5-7-9-11-13-15-17-19-21-22-24-25-27-29-31-33-35-37-39-46(50)56-41-44(42-57-60(54,55)58-43-45(49)48(52)53)59-47(51)40-38-36-34-32-30-28-26-23-20-18-16-14-12-10-8-6-4-2/h5,7,11,13,17-20,22,24,26-29,32-35,44-45H,3-4,6,8-10,12,14-16,21,23,25,30-31,36-43,49H2,1-2H3,(H,52,53)(H,54,55)/b7-5-,13-11-,19-17-,20-18-,24-22-,28-26-,29-27-,34-32-,35-33-/t44-,45+/m1/s1. The van der Waals surface area contributed by atoms with Gasteiger partial charge >= 0.3 is 25.7 Å². The zero-order chi connectivity index (χ0) is 44.2. The molecule has 0 bridgehead atoms. The molecule has 4 N–H and O–H groups in total.